The molecule has 0 aliphatic rings. The number of rotatable bonds is 5. The fourth-order valence-corrected chi connectivity index (χ4v) is 2.95. The summed E-state index contributed by atoms with van der Waals surface area (Å²) in [6.07, 6.45) is 0. The zero-order valence-corrected chi connectivity index (χ0v) is 10.8. The van der Waals surface area contributed by atoms with Crippen molar-refractivity contribution in [2.24, 2.45) is 0 Å². The van der Waals surface area contributed by atoms with Gasteiger partial charge in [-0.15, -0.1) is 0 Å². The monoisotopic (exact) mass is 242 g/mol. The normalized spacial score (nSPS) is 11.7. The van der Waals surface area contributed by atoms with Gasteiger partial charge in [0.25, 0.3) is 0 Å². The summed E-state index contributed by atoms with van der Waals surface area (Å²) in [6, 6.07) is 5.38. The fraction of sp³-hybridized carbons (Fsp3) is 0.500. The van der Waals surface area contributed by atoms with Crippen molar-refractivity contribution in [3.8, 4) is 0 Å². The molecule has 4 heteroatoms. The zero-order valence-electron chi connectivity index (χ0n) is 9.99. The molecule has 1 aromatic rings. The third-order valence-electron chi connectivity index (χ3n) is 2.37. The summed E-state index contributed by atoms with van der Waals surface area (Å²) in [7, 11) is -3.20. The van der Waals surface area contributed by atoms with Crippen LogP contribution in [-0.2, 0) is 14.6 Å². The Morgan fingerprint density at radius 1 is 1.25 bits per heavy atom. The van der Waals surface area contributed by atoms with Crippen molar-refractivity contribution >= 4 is 9.84 Å². The van der Waals surface area contributed by atoms with E-state index in [9.17, 15) is 8.42 Å². The average Bonchev–Trinajstić information content (AvgIpc) is 2.17. The van der Waals surface area contributed by atoms with Crippen LogP contribution in [-0.4, -0.2) is 27.4 Å². The summed E-state index contributed by atoms with van der Waals surface area (Å²) in [5.74, 6) is 0.0464. The summed E-state index contributed by atoms with van der Waals surface area (Å²) in [6.45, 7) is 6.42. The predicted molar refractivity (Wildman–Crippen MR) is 64.5 cm³/mol. The minimum atomic E-state index is -3.20. The molecular formula is C12H18O3S. The number of hydrogen-bond acceptors (Lipinski definition) is 3. The highest BCUT2D eigenvalue weighted by Crippen LogP contribution is 2.17. The van der Waals surface area contributed by atoms with E-state index in [0.717, 1.165) is 11.1 Å². The number of benzene rings is 1. The number of hydrogen-bond donors (Lipinski definition) is 0. The van der Waals surface area contributed by atoms with E-state index in [4.69, 9.17) is 4.74 Å². The van der Waals surface area contributed by atoms with E-state index in [-0.39, 0.29) is 12.4 Å². The molecule has 1 aromatic carbocycles. The Hall–Kier alpha value is -0.870. The number of sulfone groups is 1. The van der Waals surface area contributed by atoms with Crippen LogP contribution in [0.1, 0.15) is 18.1 Å². The first kappa shape index (κ1) is 13.2. The first-order valence-corrected chi connectivity index (χ1v) is 7.00. The summed E-state index contributed by atoms with van der Waals surface area (Å²) < 4.78 is 29.0. The molecule has 16 heavy (non-hydrogen) atoms. The lowest BCUT2D eigenvalue weighted by Gasteiger charge is -2.08. The van der Waals surface area contributed by atoms with E-state index in [1.807, 2.05) is 32.9 Å². The molecule has 0 unspecified atom stereocenters. The van der Waals surface area contributed by atoms with E-state index in [0.29, 0.717) is 11.5 Å². The minimum absolute atomic E-state index is 0.0464. The standard InChI is InChI=1S/C12H18O3S/c1-4-15-7-8-16(13,14)12-6-5-10(2)9-11(12)3/h5-6,9H,4,7-8H2,1-3H3. The van der Waals surface area contributed by atoms with Crippen LogP contribution in [0.25, 0.3) is 0 Å². The van der Waals surface area contributed by atoms with Crippen LogP contribution in [0.4, 0.5) is 0 Å². The summed E-state index contributed by atoms with van der Waals surface area (Å²) in [5.41, 5.74) is 1.87. The summed E-state index contributed by atoms with van der Waals surface area (Å²) in [4.78, 5) is 0.415. The van der Waals surface area contributed by atoms with Crippen molar-refractivity contribution in [2.45, 2.75) is 25.7 Å². The molecule has 0 atom stereocenters. The van der Waals surface area contributed by atoms with Gasteiger partial charge in [0.05, 0.1) is 17.3 Å². The van der Waals surface area contributed by atoms with Crippen molar-refractivity contribution in [3.63, 3.8) is 0 Å². The van der Waals surface area contributed by atoms with E-state index in [2.05, 4.69) is 0 Å². The molecule has 0 fully saturated rings. The molecule has 0 aromatic heterocycles. The summed E-state index contributed by atoms with van der Waals surface area (Å²) >= 11 is 0. The maximum atomic E-state index is 12.0. The van der Waals surface area contributed by atoms with E-state index < -0.39 is 9.84 Å². The van der Waals surface area contributed by atoms with E-state index in [1.165, 1.54) is 0 Å². The molecule has 0 amide bonds. The highest BCUT2D eigenvalue weighted by molar-refractivity contribution is 7.91. The Morgan fingerprint density at radius 2 is 1.94 bits per heavy atom. The van der Waals surface area contributed by atoms with Gasteiger partial charge in [0.2, 0.25) is 0 Å². The van der Waals surface area contributed by atoms with Crippen LogP contribution in [0.3, 0.4) is 0 Å². The van der Waals surface area contributed by atoms with Gasteiger partial charge >= 0.3 is 0 Å². The highest BCUT2D eigenvalue weighted by atomic mass is 32.2. The van der Waals surface area contributed by atoms with Gasteiger partial charge in [-0.05, 0) is 32.4 Å². The quantitative estimate of drug-likeness (QED) is 0.743. The van der Waals surface area contributed by atoms with Gasteiger partial charge in [-0.3, -0.25) is 0 Å². The molecular weight excluding hydrogens is 224 g/mol. The third kappa shape index (κ3) is 3.32. The second-order valence-electron chi connectivity index (χ2n) is 3.78. The largest absolute Gasteiger partial charge is 0.381 e. The Bertz CT molecular complexity index is 449. The Morgan fingerprint density at radius 3 is 2.50 bits per heavy atom. The van der Waals surface area contributed by atoms with Gasteiger partial charge in [0.1, 0.15) is 0 Å². The van der Waals surface area contributed by atoms with Crippen LogP contribution >= 0.6 is 0 Å². The van der Waals surface area contributed by atoms with Crippen molar-refractivity contribution in [1.82, 2.24) is 0 Å². The molecule has 0 N–H and O–H groups in total. The van der Waals surface area contributed by atoms with Crippen molar-refractivity contribution in [1.29, 1.82) is 0 Å². The van der Waals surface area contributed by atoms with E-state index in [1.54, 1.807) is 6.07 Å². The molecule has 0 heterocycles. The second kappa shape index (κ2) is 5.46. The minimum Gasteiger partial charge on any atom is -0.381 e. The Labute approximate surface area is 97.4 Å². The van der Waals surface area contributed by atoms with Gasteiger partial charge in [-0.25, -0.2) is 8.42 Å². The van der Waals surface area contributed by atoms with Crippen LogP contribution < -0.4 is 0 Å². The SMILES string of the molecule is CCOCCS(=O)(=O)c1ccc(C)cc1C. The van der Waals surface area contributed by atoms with Crippen LogP contribution in [0, 0.1) is 13.8 Å². The van der Waals surface area contributed by atoms with Gasteiger partial charge in [-0.2, -0.15) is 0 Å². The van der Waals surface area contributed by atoms with Crippen molar-refractivity contribution in [2.75, 3.05) is 19.0 Å². The van der Waals surface area contributed by atoms with Crippen LogP contribution in [0.15, 0.2) is 23.1 Å². The first-order valence-electron chi connectivity index (χ1n) is 5.35. The van der Waals surface area contributed by atoms with Crippen LogP contribution in [0.5, 0.6) is 0 Å². The third-order valence-corrected chi connectivity index (χ3v) is 4.20. The lowest BCUT2D eigenvalue weighted by atomic mass is 10.2. The van der Waals surface area contributed by atoms with Gasteiger partial charge < -0.3 is 4.74 Å². The Balaban J connectivity index is 2.90. The lowest BCUT2D eigenvalue weighted by Crippen LogP contribution is -2.13. The van der Waals surface area contributed by atoms with E-state index >= 15 is 0 Å². The van der Waals surface area contributed by atoms with Gasteiger partial charge in [0, 0.05) is 6.61 Å². The molecule has 3 nitrogen and oxygen atoms in total. The predicted octanol–water partition coefficient (Wildman–Crippen LogP) is 2.11. The Kier molecular flexibility index (Phi) is 4.50. The van der Waals surface area contributed by atoms with Gasteiger partial charge in [0.15, 0.2) is 9.84 Å². The van der Waals surface area contributed by atoms with Crippen molar-refractivity contribution in [3.05, 3.63) is 29.3 Å². The molecule has 0 saturated heterocycles. The maximum Gasteiger partial charge on any atom is 0.180 e. The highest BCUT2D eigenvalue weighted by Gasteiger charge is 2.16. The molecule has 90 valence electrons. The van der Waals surface area contributed by atoms with Gasteiger partial charge in [-0.1, -0.05) is 17.7 Å². The number of aryl methyl sites for hydroxylation is 2. The molecule has 0 radical (unpaired) electrons. The molecule has 0 bridgehead atoms. The fourth-order valence-electron chi connectivity index (χ4n) is 1.57. The van der Waals surface area contributed by atoms with Crippen molar-refractivity contribution < 1.29 is 13.2 Å². The smallest absolute Gasteiger partial charge is 0.180 e. The molecule has 0 saturated carbocycles. The molecule has 0 spiro atoms. The average molecular weight is 242 g/mol. The second-order valence-corrected chi connectivity index (χ2v) is 5.86. The first-order chi connectivity index (χ1) is 7.47. The topological polar surface area (TPSA) is 43.4 Å². The van der Waals surface area contributed by atoms with Crippen LogP contribution in [0.2, 0.25) is 0 Å². The number of ether oxygens (including phenoxy) is 1. The maximum absolute atomic E-state index is 12.0. The zero-order chi connectivity index (χ0) is 12.2. The molecule has 0 aliphatic carbocycles. The molecule has 0 aliphatic heterocycles. The summed E-state index contributed by atoms with van der Waals surface area (Å²) in [5, 5.41) is 0. The molecule has 1 rings (SSSR count). The lowest BCUT2D eigenvalue weighted by molar-refractivity contribution is 0.163.